The fourth-order valence-electron chi connectivity index (χ4n) is 2.84. The number of hydrogen-bond donors (Lipinski definition) is 2. The van der Waals surface area contributed by atoms with Crippen LogP contribution in [0.5, 0.6) is 0 Å². The molecule has 12 heteroatoms. The predicted octanol–water partition coefficient (Wildman–Crippen LogP) is 2.21. The Hall–Kier alpha value is -0.866. The average molecular weight is 485 g/mol. The number of hydrogen-bond acceptors (Lipinski definition) is 8. The number of carbonyl (C=O) groups excluding carboxylic acids is 2. The molecule has 0 aliphatic rings. The fourth-order valence-corrected chi connectivity index (χ4v) is 7.32. The molecule has 0 fully saturated rings. The van der Waals surface area contributed by atoms with E-state index < -0.39 is 17.6 Å². The molecule has 0 aliphatic carbocycles. The molecule has 2 amide bonds. The third kappa shape index (κ3) is 16.4. The van der Waals surface area contributed by atoms with Crippen molar-refractivity contribution < 1.29 is 36.1 Å². The van der Waals surface area contributed by atoms with Gasteiger partial charge < -0.3 is 38.0 Å². The quantitative estimate of drug-likeness (QED) is 0.210. The van der Waals surface area contributed by atoms with Gasteiger partial charge in [0.1, 0.15) is 0 Å². The van der Waals surface area contributed by atoms with Crippen molar-refractivity contribution in [1.82, 2.24) is 0 Å². The van der Waals surface area contributed by atoms with Crippen LogP contribution < -0.4 is 11.5 Å². The third-order valence-electron chi connectivity index (χ3n) is 4.34. The molecule has 0 aromatic carbocycles. The van der Waals surface area contributed by atoms with Crippen LogP contribution in [0, 0.1) is 0 Å². The first-order chi connectivity index (χ1) is 14.7. The van der Waals surface area contributed by atoms with Crippen LogP contribution in [0.3, 0.4) is 0 Å². The van der Waals surface area contributed by atoms with Crippen molar-refractivity contribution in [1.29, 1.82) is 0 Å². The Morgan fingerprint density at radius 3 is 1.19 bits per heavy atom. The number of carbonyl (C=O) groups is 2. The van der Waals surface area contributed by atoms with Gasteiger partial charge in [0, 0.05) is 66.1 Å². The topological polar surface area (TPSA) is 142 Å². The summed E-state index contributed by atoms with van der Waals surface area (Å²) >= 11 is 0. The van der Waals surface area contributed by atoms with Crippen LogP contribution in [-0.4, -0.2) is 70.6 Å². The van der Waals surface area contributed by atoms with Crippen molar-refractivity contribution in [2.45, 2.75) is 71.4 Å². The Morgan fingerprint density at radius 1 is 0.613 bits per heavy atom. The Balaban J connectivity index is 0. The lowest BCUT2D eigenvalue weighted by molar-refractivity contribution is -0.119. The van der Waals surface area contributed by atoms with E-state index in [1.165, 1.54) is 0 Å². The standard InChI is InChI=1S/C11H25NO4Si.C8H19NO4Si/c1-4-14-17(15-5-2,16-6-3)10-8-7-9-11(12)13;1-11-14(12-2,13-3)7-5-4-6-8(9)10/h4-10H2,1-3H3,(H2,12,13);4-7H2,1-3H3,(H2,9,10). The smallest absolute Gasteiger partial charge is 0.377 e. The van der Waals surface area contributed by atoms with Crippen LogP contribution in [0.2, 0.25) is 12.1 Å². The molecule has 0 rings (SSSR count). The predicted molar refractivity (Wildman–Crippen MR) is 123 cm³/mol. The molecule has 186 valence electrons. The van der Waals surface area contributed by atoms with Gasteiger partial charge in [0.2, 0.25) is 11.8 Å². The molecule has 0 heterocycles. The van der Waals surface area contributed by atoms with Gasteiger partial charge in [-0.2, -0.15) is 0 Å². The maximum atomic E-state index is 10.6. The van der Waals surface area contributed by atoms with Gasteiger partial charge in [0.15, 0.2) is 0 Å². The van der Waals surface area contributed by atoms with E-state index in [-0.39, 0.29) is 11.8 Å². The molecule has 10 nitrogen and oxygen atoms in total. The third-order valence-corrected chi connectivity index (χ3v) is 10.3. The largest absolute Gasteiger partial charge is 0.500 e. The maximum absolute atomic E-state index is 10.6. The first-order valence-electron chi connectivity index (χ1n) is 10.8. The Bertz CT molecular complexity index is 443. The van der Waals surface area contributed by atoms with Gasteiger partial charge >= 0.3 is 17.6 Å². The first-order valence-corrected chi connectivity index (χ1v) is 14.7. The Kier molecular flexibility index (Phi) is 20.6. The first kappa shape index (κ1) is 32.3. The lowest BCUT2D eigenvalue weighted by Crippen LogP contribution is -2.45. The van der Waals surface area contributed by atoms with Gasteiger partial charge in [0.25, 0.3) is 0 Å². The van der Waals surface area contributed by atoms with Crippen molar-refractivity contribution in [3.63, 3.8) is 0 Å². The molecule has 4 N–H and O–H groups in total. The van der Waals surface area contributed by atoms with E-state index in [9.17, 15) is 9.59 Å². The highest BCUT2D eigenvalue weighted by atomic mass is 28.4. The molecule has 0 spiro atoms. The SMILES string of the molecule is CCO[Si](CCCCC(N)=O)(OCC)OCC.CO[Si](CCCCC(N)=O)(OC)OC. The highest BCUT2D eigenvalue weighted by molar-refractivity contribution is 6.61. The molecule has 0 aliphatic heterocycles. The fraction of sp³-hybridized carbons (Fsp3) is 0.895. The molecule has 0 saturated carbocycles. The molecule has 0 unspecified atom stereocenters. The highest BCUT2D eigenvalue weighted by Crippen LogP contribution is 2.20. The van der Waals surface area contributed by atoms with E-state index in [2.05, 4.69) is 0 Å². The van der Waals surface area contributed by atoms with Crippen LogP contribution in [-0.2, 0) is 36.1 Å². The van der Waals surface area contributed by atoms with E-state index in [1.807, 2.05) is 20.8 Å². The summed E-state index contributed by atoms with van der Waals surface area (Å²) in [4.78, 5) is 21.1. The highest BCUT2D eigenvalue weighted by Gasteiger charge is 2.39. The Morgan fingerprint density at radius 2 is 0.935 bits per heavy atom. The molecule has 31 heavy (non-hydrogen) atoms. The lowest BCUT2D eigenvalue weighted by atomic mass is 10.2. The molecule has 0 bridgehead atoms. The normalized spacial score (nSPS) is 11.7. The van der Waals surface area contributed by atoms with Crippen molar-refractivity contribution in [3.05, 3.63) is 0 Å². The molecular weight excluding hydrogens is 440 g/mol. The average Bonchev–Trinajstić information content (AvgIpc) is 2.73. The lowest BCUT2D eigenvalue weighted by Gasteiger charge is -2.28. The van der Waals surface area contributed by atoms with Crippen LogP contribution in [0.25, 0.3) is 0 Å². The Labute approximate surface area is 190 Å². The summed E-state index contributed by atoms with van der Waals surface area (Å²) in [5.41, 5.74) is 10.1. The molecular formula is C19H44N2O8Si2. The van der Waals surface area contributed by atoms with Gasteiger partial charge in [-0.1, -0.05) is 0 Å². The second kappa shape index (κ2) is 19.8. The zero-order valence-corrected chi connectivity index (χ0v) is 22.2. The minimum Gasteiger partial charge on any atom is -0.377 e. The second-order valence-electron chi connectivity index (χ2n) is 6.62. The van der Waals surface area contributed by atoms with E-state index in [0.717, 1.165) is 31.7 Å². The monoisotopic (exact) mass is 484 g/mol. The molecule has 0 saturated heterocycles. The van der Waals surface area contributed by atoms with Gasteiger partial charge in [-0.3, -0.25) is 9.59 Å². The van der Waals surface area contributed by atoms with Crippen LogP contribution in [0.15, 0.2) is 0 Å². The number of primary amides is 2. The van der Waals surface area contributed by atoms with Crippen LogP contribution in [0.1, 0.15) is 59.3 Å². The van der Waals surface area contributed by atoms with Gasteiger partial charge in [-0.05, 0) is 46.5 Å². The molecule has 0 aromatic heterocycles. The summed E-state index contributed by atoms with van der Waals surface area (Å²) in [6.45, 7) is 7.56. The van der Waals surface area contributed by atoms with E-state index >= 15 is 0 Å². The van der Waals surface area contributed by atoms with Gasteiger partial charge in [-0.25, -0.2) is 0 Å². The van der Waals surface area contributed by atoms with Crippen molar-refractivity contribution >= 4 is 29.4 Å². The summed E-state index contributed by atoms with van der Waals surface area (Å²) in [5, 5.41) is 0. The molecule has 0 radical (unpaired) electrons. The summed E-state index contributed by atoms with van der Waals surface area (Å²) in [5.74, 6) is -0.536. The number of amides is 2. The van der Waals surface area contributed by atoms with Crippen molar-refractivity contribution in [3.8, 4) is 0 Å². The van der Waals surface area contributed by atoms with Crippen LogP contribution in [0.4, 0.5) is 0 Å². The summed E-state index contributed by atoms with van der Waals surface area (Å²) in [6, 6.07) is 1.46. The zero-order valence-electron chi connectivity index (χ0n) is 20.2. The van der Waals surface area contributed by atoms with Gasteiger partial charge in [0.05, 0.1) is 0 Å². The maximum Gasteiger partial charge on any atom is 0.500 e. The van der Waals surface area contributed by atoms with E-state index in [4.69, 9.17) is 38.0 Å². The number of unbranched alkanes of at least 4 members (excludes halogenated alkanes) is 2. The van der Waals surface area contributed by atoms with Gasteiger partial charge in [-0.15, -0.1) is 0 Å². The molecule has 0 atom stereocenters. The van der Waals surface area contributed by atoms with Crippen LogP contribution >= 0.6 is 0 Å². The van der Waals surface area contributed by atoms with Crippen molar-refractivity contribution in [2.75, 3.05) is 41.2 Å². The minimum absolute atomic E-state index is 0.263. The number of rotatable bonds is 19. The second-order valence-corrected chi connectivity index (χ2v) is 12.4. The van der Waals surface area contributed by atoms with E-state index in [0.29, 0.717) is 38.7 Å². The van der Waals surface area contributed by atoms with Crippen molar-refractivity contribution in [2.24, 2.45) is 11.5 Å². The summed E-state index contributed by atoms with van der Waals surface area (Å²) in [6.07, 6.45) is 3.99. The molecule has 0 aromatic rings. The minimum atomic E-state index is -2.52. The summed E-state index contributed by atoms with van der Waals surface area (Å²) < 4.78 is 32.8. The van der Waals surface area contributed by atoms with E-state index in [1.54, 1.807) is 21.3 Å². The zero-order chi connectivity index (χ0) is 24.2. The summed E-state index contributed by atoms with van der Waals surface area (Å²) in [7, 11) is -0.231. The number of nitrogens with two attached hydrogens (primary N) is 2.